The quantitative estimate of drug-likeness (QED) is 0.627. The van der Waals surface area contributed by atoms with Gasteiger partial charge in [0.25, 0.3) is 0 Å². The van der Waals surface area contributed by atoms with Crippen LogP contribution in [0.3, 0.4) is 0 Å². The molecule has 1 atom stereocenters. The van der Waals surface area contributed by atoms with Gasteiger partial charge in [-0.3, -0.25) is 4.79 Å². The summed E-state index contributed by atoms with van der Waals surface area (Å²) in [5.41, 5.74) is 1.91. The molecule has 1 heterocycles. The van der Waals surface area contributed by atoms with Crippen LogP contribution in [-0.2, 0) is 17.9 Å². The Morgan fingerprint density at radius 3 is 2.30 bits per heavy atom. The van der Waals surface area contributed by atoms with Crippen molar-refractivity contribution in [3.05, 3.63) is 57.8 Å². The van der Waals surface area contributed by atoms with Crippen molar-refractivity contribution in [2.45, 2.75) is 72.6 Å². The van der Waals surface area contributed by atoms with Gasteiger partial charge in [-0.05, 0) is 63.6 Å². The maximum atomic E-state index is 13.4. The number of carbonyl (C=O) groups excluding carboxylic acids is 2. The third-order valence-corrected chi connectivity index (χ3v) is 6.05. The van der Waals surface area contributed by atoms with Crippen molar-refractivity contribution in [2.24, 2.45) is 0 Å². The zero-order chi connectivity index (χ0) is 22.3. The van der Waals surface area contributed by atoms with Gasteiger partial charge in [-0.2, -0.15) is 0 Å². The fourth-order valence-corrected chi connectivity index (χ4v) is 3.98. The van der Waals surface area contributed by atoms with Crippen LogP contribution in [0.1, 0.15) is 57.0 Å². The first-order chi connectivity index (χ1) is 14.1. The normalized spacial score (nSPS) is 12.3. The van der Waals surface area contributed by atoms with Gasteiger partial charge in [-0.25, -0.2) is 4.79 Å². The predicted molar refractivity (Wildman–Crippen MR) is 124 cm³/mol. The molecule has 0 aliphatic carbocycles. The van der Waals surface area contributed by atoms with E-state index in [-0.39, 0.29) is 30.1 Å². The number of benzene rings is 1. The Morgan fingerprint density at radius 1 is 1.10 bits per heavy atom. The first-order valence-corrected chi connectivity index (χ1v) is 11.4. The zero-order valence-electron chi connectivity index (χ0n) is 19.1. The van der Waals surface area contributed by atoms with E-state index in [9.17, 15) is 9.59 Å². The van der Waals surface area contributed by atoms with Gasteiger partial charge in [-0.1, -0.05) is 37.3 Å². The molecule has 1 aromatic heterocycles. The molecule has 0 aliphatic heterocycles. The molecule has 0 saturated carbocycles. The van der Waals surface area contributed by atoms with Crippen molar-refractivity contribution in [1.82, 2.24) is 15.1 Å². The van der Waals surface area contributed by atoms with E-state index in [1.807, 2.05) is 69.9 Å². The SMILES string of the molecule is CCC(C)N(CC(=O)N(Cc1ccccc1)Cc1sccc1C)C(=O)NC(C)(C)C. The molecular weight excluding hydrogens is 394 g/mol. The number of amides is 3. The molecule has 1 unspecified atom stereocenters. The molecule has 5 nitrogen and oxygen atoms in total. The van der Waals surface area contributed by atoms with Crippen LogP contribution in [0.4, 0.5) is 4.79 Å². The second-order valence-electron chi connectivity index (χ2n) is 8.83. The first-order valence-electron chi connectivity index (χ1n) is 10.5. The van der Waals surface area contributed by atoms with Crippen LogP contribution in [0.2, 0.25) is 0 Å². The van der Waals surface area contributed by atoms with Gasteiger partial charge in [0.15, 0.2) is 0 Å². The molecule has 0 aliphatic rings. The molecule has 1 aromatic carbocycles. The molecule has 164 valence electrons. The highest BCUT2D eigenvalue weighted by atomic mass is 32.1. The van der Waals surface area contributed by atoms with E-state index < -0.39 is 0 Å². The highest BCUT2D eigenvalue weighted by Crippen LogP contribution is 2.20. The van der Waals surface area contributed by atoms with E-state index in [2.05, 4.69) is 23.7 Å². The largest absolute Gasteiger partial charge is 0.333 e. The molecule has 0 bridgehead atoms. The highest BCUT2D eigenvalue weighted by molar-refractivity contribution is 7.10. The third kappa shape index (κ3) is 7.17. The van der Waals surface area contributed by atoms with Crippen LogP contribution in [0.5, 0.6) is 0 Å². The van der Waals surface area contributed by atoms with E-state index in [1.165, 1.54) is 10.4 Å². The topological polar surface area (TPSA) is 52.7 Å². The predicted octanol–water partition coefficient (Wildman–Crippen LogP) is 5.19. The monoisotopic (exact) mass is 429 g/mol. The minimum atomic E-state index is -0.357. The molecule has 2 aromatic rings. The van der Waals surface area contributed by atoms with Crippen LogP contribution in [0, 0.1) is 6.92 Å². The van der Waals surface area contributed by atoms with Crippen molar-refractivity contribution >= 4 is 23.3 Å². The van der Waals surface area contributed by atoms with Crippen molar-refractivity contribution < 1.29 is 9.59 Å². The Morgan fingerprint density at radius 2 is 1.77 bits per heavy atom. The van der Waals surface area contributed by atoms with Gasteiger partial charge in [0.2, 0.25) is 5.91 Å². The summed E-state index contributed by atoms with van der Waals surface area (Å²) in [6.07, 6.45) is 0.785. The molecule has 2 rings (SSSR count). The summed E-state index contributed by atoms with van der Waals surface area (Å²) >= 11 is 1.66. The molecule has 3 amide bonds. The van der Waals surface area contributed by atoms with Crippen LogP contribution < -0.4 is 5.32 Å². The standard InChI is InChI=1S/C24H35N3O2S/c1-7-19(3)27(23(29)25-24(4,5)6)17-22(28)26(15-20-11-9-8-10-12-20)16-21-18(2)13-14-30-21/h8-14,19H,7,15-17H2,1-6H3,(H,25,29). The lowest BCUT2D eigenvalue weighted by molar-refractivity contribution is -0.133. The number of aryl methyl sites for hydroxylation is 1. The average molecular weight is 430 g/mol. The van der Waals surface area contributed by atoms with E-state index in [4.69, 9.17) is 0 Å². The van der Waals surface area contributed by atoms with Crippen LogP contribution in [0.25, 0.3) is 0 Å². The lowest BCUT2D eigenvalue weighted by Gasteiger charge is -2.33. The second-order valence-corrected chi connectivity index (χ2v) is 9.83. The fraction of sp³-hybridized carbons (Fsp3) is 0.500. The minimum Gasteiger partial charge on any atom is -0.333 e. The lowest BCUT2D eigenvalue weighted by atomic mass is 10.1. The van der Waals surface area contributed by atoms with Crippen molar-refractivity contribution in [1.29, 1.82) is 0 Å². The van der Waals surface area contributed by atoms with Crippen LogP contribution in [-0.4, -0.2) is 39.9 Å². The van der Waals surface area contributed by atoms with Gasteiger partial charge in [0.1, 0.15) is 6.54 Å². The number of nitrogens with one attached hydrogen (secondary N) is 1. The van der Waals surface area contributed by atoms with Gasteiger partial charge >= 0.3 is 6.03 Å². The van der Waals surface area contributed by atoms with Gasteiger partial charge in [0.05, 0.1) is 6.54 Å². The molecule has 1 N–H and O–H groups in total. The number of hydrogen-bond donors (Lipinski definition) is 1. The van der Waals surface area contributed by atoms with E-state index >= 15 is 0 Å². The molecule has 0 fully saturated rings. The number of carbonyl (C=O) groups is 2. The Kier molecular flexibility index (Phi) is 8.47. The van der Waals surface area contributed by atoms with E-state index in [0.29, 0.717) is 13.1 Å². The Labute approximate surface area is 185 Å². The van der Waals surface area contributed by atoms with Crippen molar-refractivity contribution in [3.8, 4) is 0 Å². The number of nitrogens with zero attached hydrogens (tertiary/aromatic N) is 2. The number of thiophene rings is 1. The molecular formula is C24H35N3O2S. The smallest absolute Gasteiger partial charge is 0.318 e. The Balaban J connectivity index is 2.23. The second kappa shape index (κ2) is 10.6. The highest BCUT2D eigenvalue weighted by Gasteiger charge is 2.27. The summed E-state index contributed by atoms with van der Waals surface area (Å²) in [6, 6.07) is 11.8. The lowest BCUT2D eigenvalue weighted by Crippen LogP contribution is -2.54. The zero-order valence-corrected chi connectivity index (χ0v) is 19.9. The summed E-state index contributed by atoms with van der Waals surface area (Å²) in [5, 5.41) is 5.06. The van der Waals surface area contributed by atoms with E-state index in [0.717, 1.165) is 12.0 Å². The van der Waals surface area contributed by atoms with Crippen molar-refractivity contribution in [2.75, 3.05) is 6.54 Å². The fourth-order valence-electron chi connectivity index (χ4n) is 3.06. The number of hydrogen-bond acceptors (Lipinski definition) is 3. The van der Waals surface area contributed by atoms with Crippen LogP contribution in [0.15, 0.2) is 41.8 Å². The van der Waals surface area contributed by atoms with Gasteiger partial charge < -0.3 is 15.1 Å². The summed E-state index contributed by atoms with van der Waals surface area (Å²) in [5.74, 6) is -0.0454. The molecule has 0 spiro atoms. The molecule has 6 heteroatoms. The maximum absolute atomic E-state index is 13.4. The summed E-state index contributed by atoms with van der Waals surface area (Å²) in [6.45, 7) is 13.1. The minimum absolute atomic E-state index is 0.0293. The van der Waals surface area contributed by atoms with Gasteiger partial charge in [0, 0.05) is 23.0 Å². The Hall–Kier alpha value is -2.34. The van der Waals surface area contributed by atoms with Crippen LogP contribution >= 0.6 is 11.3 Å². The molecule has 0 radical (unpaired) electrons. The van der Waals surface area contributed by atoms with E-state index in [1.54, 1.807) is 16.2 Å². The number of urea groups is 1. The summed E-state index contributed by atoms with van der Waals surface area (Å²) < 4.78 is 0. The summed E-state index contributed by atoms with van der Waals surface area (Å²) in [7, 11) is 0. The average Bonchev–Trinajstić information content (AvgIpc) is 3.08. The maximum Gasteiger partial charge on any atom is 0.318 e. The number of rotatable bonds is 8. The molecule has 30 heavy (non-hydrogen) atoms. The van der Waals surface area contributed by atoms with Gasteiger partial charge in [-0.15, -0.1) is 11.3 Å². The molecule has 0 saturated heterocycles. The van der Waals surface area contributed by atoms with Crippen molar-refractivity contribution in [3.63, 3.8) is 0 Å². The first kappa shape index (κ1) is 23.9. The summed E-state index contributed by atoms with van der Waals surface area (Å²) in [4.78, 5) is 31.0. The third-order valence-electron chi connectivity index (χ3n) is 5.04. The Bertz CT molecular complexity index is 826.